The number of rotatable bonds is 9. The lowest BCUT2D eigenvalue weighted by atomic mass is 10.0. The zero-order valence-corrected chi connectivity index (χ0v) is 18.3. The summed E-state index contributed by atoms with van der Waals surface area (Å²) in [7, 11) is 0. The molecule has 1 aliphatic rings. The average molecular weight is 431 g/mol. The second-order valence-corrected chi connectivity index (χ2v) is 8.04. The van der Waals surface area contributed by atoms with E-state index in [2.05, 4.69) is 34.5 Å². The predicted molar refractivity (Wildman–Crippen MR) is 126 cm³/mol. The molecule has 5 heteroatoms. The fourth-order valence-corrected chi connectivity index (χ4v) is 3.86. The van der Waals surface area contributed by atoms with Crippen LogP contribution in [0, 0.1) is 0 Å². The number of carbonyl (C=O) groups excluding carboxylic acids is 1. The molecule has 0 spiro atoms. The van der Waals surface area contributed by atoms with E-state index >= 15 is 0 Å². The second-order valence-electron chi connectivity index (χ2n) is 8.04. The minimum absolute atomic E-state index is 0.000723. The first kappa shape index (κ1) is 22.1. The van der Waals surface area contributed by atoms with Gasteiger partial charge in [-0.1, -0.05) is 72.8 Å². The standard InChI is InChI=1S/C27H30N2O3/c30-27(21-32-26-12-5-4-11-25(26)18-22-7-2-1-3-8-22)28-19-23-9-6-10-24(17-23)20-29-13-15-31-16-14-29/h1-12,17H,13-16,18-21H2,(H,28,30). The van der Waals surface area contributed by atoms with Gasteiger partial charge < -0.3 is 14.8 Å². The van der Waals surface area contributed by atoms with Gasteiger partial charge >= 0.3 is 0 Å². The van der Waals surface area contributed by atoms with Crippen molar-refractivity contribution in [1.82, 2.24) is 10.2 Å². The van der Waals surface area contributed by atoms with E-state index in [-0.39, 0.29) is 12.5 Å². The number of benzene rings is 3. The maximum absolute atomic E-state index is 12.4. The molecule has 1 heterocycles. The topological polar surface area (TPSA) is 50.8 Å². The van der Waals surface area contributed by atoms with Crippen molar-refractivity contribution in [3.05, 3.63) is 101 Å². The van der Waals surface area contributed by atoms with Gasteiger partial charge in [-0.3, -0.25) is 9.69 Å². The zero-order chi connectivity index (χ0) is 22.0. The summed E-state index contributed by atoms with van der Waals surface area (Å²) in [4.78, 5) is 14.8. The van der Waals surface area contributed by atoms with Crippen LogP contribution in [-0.4, -0.2) is 43.7 Å². The van der Waals surface area contributed by atoms with Gasteiger partial charge in [-0.25, -0.2) is 0 Å². The Morgan fingerprint density at radius 3 is 2.44 bits per heavy atom. The molecule has 5 nitrogen and oxygen atoms in total. The van der Waals surface area contributed by atoms with Crippen LogP contribution < -0.4 is 10.1 Å². The van der Waals surface area contributed by atoms with Crippen LogP contribution in [0.4, 0.5) is 0 Å². The second kappa shape index (κ2) is 11.5. The fraction of sp³-hybridized carbons (Fsp3) is 0.296. The molecule has 3 aromatic rings. The molecule has 0 aromatic heterocycles. The lowest BCUT2D eigenvalue weighted by Crippen LogP contribution is -2.35. The first-order valence-corrected chi connectivity index (χ1v) is 11.2. The maximum Gasteiger partial charge on any atom is 0.258 e. The molecular formula is C27H30N2O3. The molecule has 1 aliphatic heterocycles. The summed E-state index contributed by atoms with van der Waals surface area (Å²) in [6.07, 6.45) is 0.772. The molecule has 0 unspecified atom stereocenters. The molecule has 0 bridgehead atoms. The highest BCUT2D eigenvalue weighted by molar-refractivity contribution is 5.77. The third-order valence-corrected chi connectivity index (χ3v) is 5.56. The van der Waals surface area contributed by atoms with Gasteiger partial charge in [-0.15, -0.1) is 0 Å². The highest BCUT2D eigenvalue weighted by atomic mass is 16.5. The fourth-order valence-electron chi connectivity index (χ4n) is 3.86. The van der Waals surface area contributed by atoms with Crippen LogP contribution in [-0.2, 0) is 29.0 Å². The Kier molecular flexibility index (Phi) is 7.90. The van der Waals surface area contributed by atoms with E-state index in [0.717, 1.165) is 56.1 Å². The van der Waals surface area contributed by atoms with Crippen molar-refractivity contribution in [2.45, 2.75) is 19.5 Å². The van der Waals surface area contributed by atoms with Gasteiger partial charge in [0.2, 0.25) is 0 Å². The Morgan fingerprint density at radius 1 is 0.875 bits per heavy atom. The molecule has 1 saturated heterocycles. The van der Waals surface area contributed by atoms with E-state index < -0.39 is 0 Å². The number of nitrogens with one attached hydrogen (secondary N) is 1. The van der Waals surface area contributed by atoms with E-state index in [0.29, 0.717) is 6.54 Å². The van der Waals surface area contributed by atoms with E-state index in [4.69, 9.17) is 9.47 Å². The molecule has 1 fully saturated rings. The summed E-state index contributed by atoms with van der Waals surface area (Å²) in [5.41, 5.74) is 4.63. The van der Waals surface area contributed by atoms with Crippen molar-refractivity contribution in [3.8, 4) is 5.75 Å². The Bertz CT molecular complexity index is 1000. The number of carbonyl (C=O) groups is 1. The van der Waals surface area contributed by atoms with Gasteiger partial charge in [0.25, 0.3) is 5.91 Å². The maximum atomic E-state index is 12.4. The number of ether oxygens (including phenoxy) is 2. The van der Waals surface area contributed by atoms with Gasteiger partial charge in [-0.2, -0.15) is 0 Å². The Hall–Kier alpha value is -3.15. The van der Waals surface area contributed by atoms with E-state index in [1.807, 2.05) is 54.6 Å². The molecule has 0 atom stereocenters. The smallest absolute Gasteiger partial charge is 0.258 e. The highest BCUT2D eigenvalue weighted by Crippen LogP contribution is 2.21. The van der Waals surface area contributed by atoms with Crippen LogP contribution in [0.3, 0.4) is 0 Å². The molecule has 0 aliphatic carbocycles. The third kappa shape index (κ3) is 6.67. The predicted octanol–water partition coefficient (Wildman–Crippen LogP) is 3.80. The van der Waals surface area contributed by atoms with Crippen LogP contribution in [0.1, 0.15) is 22.3 Å². The molecule has 1 N–H and O–H groups in total. The Labute approximate surface area is 190 Å². The summed E-state index contributed by atoms with van der Waals surface area (Å²) < 4.78 is 11.3. The van der Waals surface area contributed by atoms with Crippen molar-refractivity contribution >= 4 is 5.91 Å². The summed E-state index contributed by atoms with van der Waals surface area (Å²) in [5.74, 6) is 0.622. The van der Waals surface area contributed by atoms with Crippen LogP contribution in [0.25, 0.3) is 0 Å². The third-order valence-electron chi connectivity index (χ3n) is 5.56. The number of hydrogen-bond acceptors (Lipinski definition) is 4. The van der Waals surface area contributed by atoms with Gasteiger partial charge in [0, 0.05) is 32.6 Å². The van der Waals surface area contributed by atoms with Crippen molar-refractivity contribution < 1.29 is 14.3 Å². The van der Waals surface area contributed by atoms with Crippen LogP contribution in [0.2, 0.25) is 0 Å². The largest absolute Gasteiger partial charge is 0.483 e. The van der Waals surface area contributed by atoms with Gasteiger partial charge in [0.15, 0.2) is 6.61 Å². The first-order chi connectivity index (χ1) is 15.8. The lowest BCUT2D eigenvalue weighted by molar-refractivity contribution is -0.123. The Balaban J connectivity index is 1.26. The quantitative estimate of drug-likeness (QED) is 0.561. The Morgan fingerprint density at radius 2 is 1.59 bits per heavy atom. The van der Waals surface area contributed by atoms with Crippen LogP contribution in [0.5, 0.6) is 5.75 Å². The molecule has 32 heavy (non-hydrogen) atoms. The van der Waals surface area contributed by atoms with Crippen molar-refractivity contribution in [3.63, 3.8) is 0 Å². The van der Waals surface area contributed by atoms with Crippen molar-refractivity contribution in [1.29, 1.82) is 0 Å². The summed E-state index contributed by atoms with van der Waals surface area (Å²) >= 11 is 0. The monoisotopic (exact) mass is 430 g/mol. The molecule has 0 saturated carbocycles. The van der Waals surface area contributed by atoms with Crippen LogP contribution >= 0.6 is 0 Å². The molecule has 0 radical (unpaired) electrons. The summed E-state index contributed by atoms with van der Waals surface area (Å²) in [6, 6.07) is 26.5. The van der Waals surface area contributed by atoms with Gasteiger partial charge in [0.1, 0.15) is 5.75 Å². The number of nitrogens with zero attached hydrogens (tertiary/aromatic N) is 1. The average Bonchev–Trinajstić information content (AvgIpc) is 2.84. The number of para-hydroxylation sites is 1. The number of hydrogen-bond donors (Lipinski definition) is 1. The molecule has 4 rings (SSSR count). The summed E-state index contributed by atoms with van der Waals surface area (Å²) in [5, 5.41) is 2.97. The van der Waals surface area contributed by atoms with Gasteiger partial charge in [0.05, 0.1) is 13.2 Å². The van der Waals surface area contributed by atoms with Crippen molar-refractivity contribution in [2.24, 2.45) is 0 Å². The number of amides is 1. The zero-order valence-electron chi connectivity index (χ0n) is 18.3. The normalized spacial score (nSPS) is 14.1. The molecule has 166 valence electrons. The van der Waals surface area contributed by atoms with Gasteiger partial charge in [-0.05, 0) is 28.3 Å². The molecular weight excluding hydrogens is 400 g/mol. The lowest BCUT2D eigenvalue weighted by Gasteiger charge is -2.26. The SMILES string of the molecule is O=C(COc1ccccc1Cc1ccccc1)NCc1cccc(CN2CCOCC2)c1. The van der Waals surface area contributed by atoms with E-state index in [9.17, 15) is 4.79 Å². The highest BCUT2D eigenvalue weighted by Gasteiger charge is 2.11. The minimum Gasteiger partial charge on any atom is -0.483 e. The molecule has 3 aromatic carbocycles. The summed E-state index contributed by atoms with van der Waals surface area (Å²) in [6.45, 7) is 4.92. The number of morpholine rings is 1. The molecule has 1 amide bonds. The van der Waals surface area contributed by atoms with Crippen molar-refractivity contribution in [2.75, 3.05) is 32.9 Å². The van der Waals surface area contributed by atoms with E-state index in [1.165, 1.54) is 11.1 Å². The van der Waals surface area contributed by atoms with E-state index in [1.54, 1.807) is 0 Å². The first-order valence-electron chi connectivity index (χ1n) is 11.2. The minimum atomic E-state index is -0.127. The van der Waals surface area contributed by atoms with Crippen LogP contribution in [0.15, 0.2) is 78.9 Å².